The molecule has 0 saturated carbocycles. The van der Waals surface area contributed by atoms with Gasteiger partial charge in [0.15, 0.2) is 0 Å². The Hall–Kier alpha value is -2.52. The van der Waals surface area contributed by atoms with Gasteiger partial charge in [0.25, 0.3) is 0 Å². The molecular weight excluding hydrogens is 367 g/mol. The fourth-order valence-corrected chi connectivity index (χ4v) is 3.82. The highest BCUT2D eigenvalue weighted by atomic mass is 32.1. The minimum Gasteiger partial charge on any atom is -0.339 e. The molecule has 1 aliphatic rings. The van der Waals surface area contributed by atoms with Crippen molar-refractivity contribution in [2.45, 2.75) is 32.0 Å². The molecule has 0 spiro atoms. The van der Waals surface area contributed by atoms with E-state index in [-0.39, 0.29) is 18.9 Å². The highest BCUT2D eigenvalue weighted by Crippen LogP contribution is 2.26. The Morgan fingerprint density at radius 1 is 1.30 bits per heavy atom. The van der Waals surface area contributed by atoms with E-state index in [2.05, 4.69) is 20.4 Å². The largest absolute Gasteiger partial charge is 0.339 e. The van der Waals surface area contributed by atoms with Gasteiger partial charge in [0.05, 0.1) is 24.2 Å². The van der Waals surface area contributed by atoms with Crippen LogP contribution in [0.25, 0.3) is 21.5 Å². The summed E-state index contributed by atoms with van der Waals surface area (Å²) in [4.78, 5) is 14.0. The molecule has 1 fully saturated rings. The fourth-order valence-electron chi connectivity index (χ4n) is 3.14. The molecule has 3 heterocycles. The number of nitrogens with two attached hydrogens (primary N) is 1. The minimum atomic E-state index is -1.18. The molecule has 0 radical (unpaired) electrons. The van der Waals surface area contributed by atoms with Crippen LogP contribution < -0.4 is 5.73 Å². The lowest BCUT2D eigenvalue weighted by molar-refractivity contribution is -0.132. The first-order chi connectivity index (χ1) is 13.0. The number of fused-ring (bicyclic) bond motifs is 1. The van der Waals surface area contributed by atoms with Crippen LogP contribution in [0.15, 0.2) is 24.3 Å². The van der Waals surface area contributed by atoms with Gasteiger partial charge >= 0.3 is 0 Å². The van der Waals surface area contributed by atoms with Crippen LogP contribution in [-0.2, 0) is 11.2 Å². The van der Waals surface area contributed by atoms with Crippen LogP contribution in [0.5, 0.6) is 0 Å². The van der Waals surface area contributed by atoms with Gasteiger partial charge in [-0.1, -0.05) is 11.3 Å². The molecule has 2 atom stereocenters. The quantitative estimate of drug-likeness (QED) is 0.738. The number of nitrogens with zero attached hydrogens (tertiary/aromatic N) is 5. The Labute approximate surface area is 159 Å². The molecule has 3 aromatic rings. The Bertz CT molecular complexity index is 993. The Morgan fingerprint density at radius 2 is 2.15 bits per heavy atom. The number of piperidine rings is 1. The molecule has 0 unspecified atom stereocenters. The fraction of sp³-hybridized carbons (Fsp3) is 0.389. The SMILES string of the molecule is Cc1nnc(-c2ccc3nnc(CC(=O)N4CC[C@H](N)[C@H](F)C4)cc3c2)s1. The number of hydrogen-bond acceptors (Lipinski definition) is 7. The first kappa shape index (κ1) is 17.9. The van der Waals surface area contributed by atoms with Gasteiger partial charge in [0, 0.05) is 23.5 Å². The third-order valence-corrected chi connectivity index (χ3v) is 5.57. The molecule has 0 bridgehead atoms. The van der Waals surface area contributed by atoms with E-state index in [0.29, 0.717) is 18.7 Å². The summed E-state index contributed by atoms with van der Waals surface area (Å²) in [5, 5.41) is 19.2. The molecular formula is C18H19FN6OS. The number of aryl methyl sites for hydroxylation is 1. The van der Waals surface area contributed by atoms with Gasteiger partial charge in [-0.05, 0) is 37.6 Å². The van der Waals surface area contributed by atoms with Crippen molar-refractivity contribution in [3.8, 4) is 10.6 Å². The second kappa shape index (κ2) is 7.24. The maximum Gasteiger partial charge on any atom is 0.228 e. The summed E-state index contributed by atoms with van der Waals surface area (Å²) >= 11 is 1.52. The summed E-state index contributed by atoms with van der Waals surface area (Å²) < 4.78 is 13.8. The van der Waals surface area contributed by atoms with Crippen LogP contribution in [0.4, 0.5) is 4.39 Å². The van der Waals surface area contributed by atoms with Gasteiger partial charge in [0.2, 0.25) is 5.91 Å². The van der Waals surface area contributed by atoms with E-state index in [0.717, 1.165) is 26.5 Å². The van der Waals surface area contributed by atoms with Crippen LogP contribution in [0.3, 0.4) is 0 Å². The molecule has 1 amide bonds. The predicted molar refractivity (Wildman–Crippen MR) is 101 cm³/mol. The number of benzene rings is 1. The molecule has 0 aliphatic carbocycles. The molecule has 140 valence electrons. The minimum absolute atomic E-state index is 0.0432. The van der Waals surface area contributed by atoms with E-state index in [9.17, 15) is 9.18 Å². The number of aromatic nitrogens is 4. The normalized spacial score (nSPS) is 20.2. The maximum absolute atomic E-state index is 13.8. The van der Waals surface area contributed by atoms with E-state index in [1.165, 1.54) is 16.2 Å². The summed E-state index contributed by atoms with van der Waals surface area (Å²) in [6, 6.07) is 7.13. The number of likely N-dealkylation sites (tertiary alicyclic amines) is 1. The molecule has 1 aliphatic heterocycles. The summed E-state index contributed by atoms with van der Waals surface area (Å²) in [6.45, 7) is 2.43. The lowest BCUT2D eigenvalue weighted by Gasteiger charge is -2.32. The van der Waals surface area contributed by atoms with Crippen molar-refractivity contribution in [3.63, 3.8) is 0 Å². The van der Waals surface area contributed by atoms with E-state index in [4.69, 9.17) is 5.73 Å². The first-order valence-corrected chi connectivity index (χ1v) is 9.55. The van der Waals surface area contributed by atoms with Crippen molar-refractivity contribution in [1.82, 2.24) is 25.3 Å². The number of rotatable bonds is 3. The summed E-state index contributed by atoms with van der Waals surface area (Å²) in [7, 11) is 0. The van der Waals surface area contributed by atoms with Crippen LogP contribution in [0.2, 0.25) is 0 Å². The number of carbonyl (C=O) groups is 1. The van der Waals surface area contributed by atoms with E-state index in [1.54, 1.807) is 0 Å². The van der Waals surface area contributed by atoms with E-state index < -0.39 is 12.2 Å². The van der Waals surface area contributed by atoms with Crippen LogP contribution in [0, 0.1) is 6.92 Å². The van der Waals surface area contributed by atoms with Crippen molar-refractivity contribution in [1.29, 1.82) is 0 Å². The molecule has 7 nitrogen and oxygen atoms in total. The highest BCUT2D eigenvalue weighted by molar-refractivity contribution is 7.14. The van der Waals surface area contributed by atoms with Gasteiger partial charge in [-0.15, -0.1) is 10.2 Å². The summed E-state index contributed by atoms with van der Waals surface area (Å²) in [5.41, 5.74) is 7.92. The zero-order valence-corrected chi connectivity index (χ0v) is 15.6. The molecule has 9 heteroatoms. The van der Waals surface area contributed by atoms with Crippen molar-refractivity contribution in [2.75, 3.05) is 13.1 Å². The zero-order chi connectivity index (χ0) is 19.0. The number of hydrogen-bond donors (Lipinski definition) is 1. The molecule has 4 rings (SSSR count). The number of halogens is 1. The monoisotopic (exact) mass is 386 g/mol. The zero-order valence-electron chi connectivity index (χ0n) is 14.8. The van der Waals surface area contributed by atoms with Gasteiger partial charge in [-0.2, -0.15) is 10.2 Å². The molecule has 1 aromatic carbocycles. The smallest absolute Gasteiger partial charge is 0.228 e. The first-order valence-electron chi connectivity index (χ1n) is 8.74. The van der Waals surface area contributed by atoms with Crippen molar-refractivity contribution in [2.24, 2.45) is 5.73 Å². The number of alkyl halides is 1. The van der Waals surface area contributed by atoms with Crippen molar-refractivity contribution < 1.29 is 9.18 Å². The van der Waals surface area contributed by atoms with Crippen molar-refractivity contribution >= 4 is 28.1 Å². The molecule has 2 aromatic heterocycles. The lowest BCUT2D eigenvalue weighted by Crippen LogP contribution is -2.50. The Morgan fingerprint density at radius 3 is 2.89 bits per heavy atom. The van der Waals surface area contributed by atoms with Crippen LogP contribution in [0.1, 0.15) is 17.1 Å². The van der Waals surface area contributed by atoms with Crippen LogP contribution in [-0.4, -0.2) is 56.5 Å². The maximum atomic E-state index is 13.8. The second-order valence-corrected chi connectivity index (χ2v) is 7.90. The second-order valence-electron chi connectivity index (χ2n) is 6.72. The van der Waals surface area contributed by atoms with Gasteiger partial charge in [0.1, 0.15) is 16.2 Å². The third kappa shape index (κ3) is 3.79. The Balaban J connectivity index is 1.54. The number of carbonyl (C=O) groups excluding carboxylic acids is 1. The average molecular weight is 386 g/mol. The van der Waals surface area contributed by atoms with Crippen molar-refractivity contribution in [3.05, 3.63) is 35.0 Å². The van der Waals surface area contributed by atoms with E-state index >= 15 is 0 Å². The average Bonchev–Trinajstić information content (AvgIpc) is 3.09. The highest BCUT2D eigenvalue weighted by Gasteiger charge is 2.29. The molecule has 27 heavy (non-hydrogen) atoms. The van der Waals surface area contributed by atoms with Gasteiger partial charge in [-0.25, -0.2) is 4.39 Å². The standard InChI is InChI=1S/C18H19FN6OS/c1-10-21-24-18(27-10)11-2-3-16-12(6-11)7-13(22-23-16)8-17(26)25-5-4-15(20)14(19)9-25/h2-3,6-7,14-15H,4-5,8-9,20H2,1H3/t14-,15+/m1/s1. The Kier molecular flexibility index (Phi) is 4.79. The molecule has 2 N–H and O–H groups in total. The topological polar surface area (TPSA) is 97.9 Å². The summed E-state index contributed by atoms with van der Waals surface area (Å²) in [5.74, 6) is -0.158. The third-order valence-electron chi connectivity index (χ3n) is 4.69. The lowest BCUT2D eigenvalue weighted by atomic mass is 10.0. The van der Waals surface area contributed by atoms with Crippen LogP contribution >= 0.6 is 11.3 Å². The predicted octanol–water partition coefficient (Wildman–Crippen LogP) is 1.90. The van der Waals surface area contributed by atoms with Gasteiger partial charge < -0.3 is 10.6 Å². The molecule has 1 saturated heterocycles. The summed E-state index contributed by atoms with van der Waals surface area (Å²) in [6.07, 6.45) is -0.614. The van der Waals surface area contributed by atoms with Gasteiger partial charge in [-0.3, -0.25) is 4.79 Å². The number of amides is 1. The van der Waals surface area contributed by atoms with E-state index in [1.807, 2.05) is 31.2 Å².